The third-order valence-electron chi connectivity index (χ3n) is 3.71. The predicted molar refractivity (Wildman–Crippen MR) is 80.0 cm³/mol. The molecule has 1 amide bonds. The van der Waals surface area contributed by atoms with Gasteiger partial charge in [0.05, 0.1) is 10.8 Å². The zero-order valence-electron chi connectivity index (χ0n) is 12.5. The lowest BCUT2D eigenvalue weighted by Crippen LogP contribution is -2.49. The number of aryl methyl sites for hydroxylation is 1. The van der Waals surface area contributed by atoms with E-state index in [0.29, 0.717) is 0 Å². The molecule has 1 aromatic carbocycles. The molecule has 0 saturated heterocycles. The number of carbonyl (C=O) groups excluding carboxylic acids is 2. The number of nitrogens with one attached hydrogen (secondary N) is 2. The first-order valence-corrected chi connectivity index (χ1v) is 8.54. The molecule has 7 nitrogen and oxygen atoms in total. The summed E-state index contributed by atoms with van der Waals surface area (Å²) in [6, 6.07) is 6.09. The highest BCUT2D eigenvalue weighted by atomic mass is 32.2. The van der Waals surface area contributed by atoms with Gasteiger partial charge in [-0.15, -0.1) is 4.83 Å². The van der Waals surface area contributed by atoms with Crippen LogP contribution in [0.3, 0.4) is 0 Å². The second-order valence-corrected chi connectivity index (χ2v) is 7.07. The molecule has 0 bridgehead atoms. The molecule has 23 heavy (non-hydrogen) atoms. The number of carboxylic acids is 1. The Hall–Kier alpha value is -2.19. The summed E-state index contributed by atoms with van der Waals surface area (Å²) in [5.41, 5.74) is 2.99. The summed E-state index contributed by atoms with van der Waals surface area (Å²) >= 11 is 0. The van der Waals surface area contributed by atoms with E-state index in [2.05, 4.69) is 5.43 Å². The van der Waals surface area contributed by atoms with Crippen molar-refractivity contribution in [2.45, 2.75) is 24.7 Å². The molecule has 0 aliphatic heterocycles. The monoisotopic (exact) mass is 337 g/mol. The molecule has 0 spiro atoms. The highest BCUT2D eigenvalue weighted by Crippen LogP contribution is 2.25. The maximum absolute atomic E-state index is 12.1. The van der Waals surface area contributed by atoms with E-state index in [1.54, 1.807) is 24.3 Å². The van der Waals surface area contributed by atoms with Gasteiger partial charge in [0.15, 0.2) is 0 Å². The fourth-order valence-electron chi connectivity index (χ4n) is 2.35. The van der Waals surface area contributed by atoms with Crippen molar-refractivity contribution in [1.82, 2.24) is 10.3 Å². The van der Waals surface area contributed by atoms with Gasteiger partial charge in [0, 0.05) is 11.9 Å². The number of hydrogen-bond acceptors (Lipinski definition) is 5. The molecule has 124 valence electrons. The van der Waals surface area contributed by atoms with Gasteiger partial charge in [-0.25, -0.2) is 8.42 Å². The van der Waals surface area contributed by atoms with Gasteiger partial charge in [-0.2, -0.15) is 0 Å². The summed E-state index contributed by atoms with van der Waals surface area (Å²) in [5, 5.41) is 11.1. The summed E-state index contributed by atoms with van der Waals surface area (Å²) < 4.78 is 24.2. The maximum Gasteiger partial charge on any atom is 0.257 e. The number of aliphatic carboxylic acids is 1. The molecule has 2 N–H and O–H groups in total. The van der Waals surface area contributed by atoms with E-state index in [9.17, 15) is 23.1 Å². The van der Waals surface area contributed by atoms with Gasteiger partial charge in [0.25, 0.3) is 10.0 Å². The van der Waals surface area contributed by atoms with E-state index in [4.69, 9.17) is 0 Å². The number of hydrogen-bond donors (Lipinski definition) is 2. The Bertz CT molecular complexity index is 725. The fourth-order valence-corrected chi connectivity index (χ4v) is 3.20. The summed E-state index contributed by atoms with van der Waals surface area (Å²) in [6.45, 7) is 1.82. The zero-order chi connectivity index (χ0) is 17.0. The Kier molecular flexibility index (Phi) is 5.17. The minimum Gasteiger partial charge on any atom is -0.550 e. The van der Waals surface area contributed by atoms with E-state index in [1.807, 2.05) is 11.8 Å². The summed E-state index contributed by atoms with van der Waals surface area (Å²) in [4.78, 5) is 25.1. The molecule has 0 aromatic heterocycles. The molecular formula is C15H17N2O5S-. The summed E-state index contributed by atoms with van der Waals surface area (Å²) in [5.74, 6) is -3.86. The number of hydrazine groups is 1. The molecule has 0 fully saturated rings. The molecule has 1 aliphatic carbocycles. The van der Waals surface area contributed by atoms with Crippen molar-refractivity contribution in [1.29, 1.82) is 0 Å². The maximum atomic E-state index is 12.1. The molecule has 0 saturated carbocycles. The van der Waals surface area contributed by atoms with Crippen LogP contribution >= 0.6 is 0 Å². The van der Waals surface area contributed by atoms with E-state index in [-0.39, 0.29) is 17.7 Å². The van der Waals surface area contributed by atoms with Gasteiger partial charge >= 0.3 is 0 Å². The van der Waals surface area contributed by atoms with Crippen molar-refractivity contribution in [2.75, 3.05) is 0 Å². The second-order valence-electron chi connectivity index (χ2n) is 5.38. The highest BCUT2D eigenvalue weighted by molar-refractivity contribution is 7.89. The van der Waals surface area contributed by atoms with Gasteiger partial charge in [0.1, 0.15) is 0 Å². The fraction of sp³-hybridized carbons (Fsp3) is 0.333. The molecular weight excluding hydrogens is 320 g/mol. The largest absolute Gasteiger partial charge is 0.550 e. The quantitative estimate of drug-likeness (QED) is 0.562. The SMILES string of the molecule is Cc1ccc(S(=O)(=O)NNC(=O)[C@H]2CC=CC[C@H]2C(=O)[O-])cc1. The smallest absolute Gasteiger partial charge is 0.257 e. The third-order valence-corrected chi connectivity index (χ3v) is 4.98. The topological polar surface area (TPSA) is 115 Å². The lowest BCUT2D eigenvalue weighted by atomic mass is 9.82. The minimum absolute atomic E-state index is 0.00314. The number of sulfonamides is 1. The molecule has 0 heterocycles. The zero-order valence-corrected chi connectivity index (χ0v) is 13.3. The van der Waals surface area contributed by atoms with Gasteiger partial charge in [-0.05, 0) is 31.9 Å². The molecule has 0 radical (unpaired) electrons. The third kappa shape index (κ3) is 4.17. The minimum atomic E-state index is -3.91. The Balaban J connectivity index is 2.04. The lowest BCUT2D eigenvalue weighted by Gasteiger charge is -2.28. The van der Waals surface area contributed by atoms with E-state index in [1.165, 1.54) is 12.1 Å². The highest BCUT2D eigenvalue weighted by Gasteiger charge is 2.30. The molecule has 1 aromatic rings. The van der Waals surface area contributed by atoms with E-state index in [0.717, 1.165) is 5.56 Å². The number of rotatable bonds is 5. The van der Waals surface area contributed by atoms with Crippen LogP contribution in [0.1, 0.15) is 18.4 Å². The molecule has 2 atom stereocenters. The number of benzene rings is 1. The Morgan fingerprint density at radius 2 is 1.65 bits per heavy atom. The molecule has 2 rings (SSSR count). The van der Waals surface area contributed by atoms with E-state index >= 15 is 0 Å². The van der Waals surface area contributed by atoms with Crippen LogP contribution in [0.5, 0.6) is 0 Å². The van der Waals surface area contributed by atoms with Crippen LogP contribution in [-0.2, 0) is 19.6 Å². The first kappa shape index (κ1) is 17.2. The Labute approximate surface area is 134 Å². The summed E-state index contributed by atoms with van der Waals surface area (Å²) in [7, 11) is -3.91. The van der Waals surface area contributed by atoms with Gasteiger partial charge in [-0.1, -0.05) is 29.8 Å². The Morgan fingerprint density at radius 3 is 2.22 bits per heavy atom. The number of carbonyl (C=O) groups is 2. The van der Waals surface area contributed by atoms with Crippen LogP contribution in [0.4, 0.5) is 0 Å². The first-order valence-electron chi connectivity index (χ1n) is 7.05. The Morgan fingerprint density at radius 1 is 1.09 bits per heavy atom. The van der Waals surface area contributed by atoms with Gasteiger partial charge < -0.3 is 9.90 Å². The lowest BCUT2D eigenvalue weighted by molar-refractivity contribution is -0.313. The van der Waals surface area contributed by atoms with Crippen molar-refractivity contribution in [3.8, 4) is 0 Å². The number of amides is 1. The van der Waals surface area contributed by atoms with Crippen LogP contribution in [0.15, 0.2) is 41.3 Å². The van der Waals surface area contributed by atoms with Crippen LogP contribution in [0.2, 0.25) is 0 Å². The average Bonchev–Trinajstić information content (AvgIpc) is 2.53. The predicted octanol–water partition coefficient (Wildman–Crippen LogP) is -0.363. The van der Waals surface area contributed by atoms with Gasteiger partial charge in [0.2, 0.25) is 5.91 Å². The van der Waals surface area contributed by atoms with Crippen LogP contribution in [-0.4, -0.2) is 20.3 Å². The normalized spacial score (nSPS) is 20.9. The molecule has 8 heteroatoms. The second kappa shape index (κ2) is 6.93. The first-order chi connectivity index (χ1) is 10.8. The van der Waals surface area contributed by atoms with E-state index < -0.39 is 33.7 Å². The summed E-state index contributed by atoms with van der Waals surface area (Å²) in [6.07, 6.45) is 3.76. The number of allylic oxidation sites excluding steroid dienone is 2. The van der Waals surface area contributed by atoms with Crippen LogP contribution in [0.25, 0.3) is 0 Å². The number of carboxylic acid groups (broad SMARTS) is 1. The van der Waals surface area contributed by atoms with Crippen LogP contribution in [0, 0.1) is 18.8 Å². The average molecular weight is 337 g/mol. The molecule has 1 aliphatic rings. The van der Waals surface area contributed by atoms with Crippen molar-refractivity contribution < 1.29 is 23.1 Å². The van der Waals surface area contributed by atoms with Crippen molar-refractivity contribution in [3.05, 3.63) is 42.0 Å². The van der Waals surface area contributed by atoms with Gasteiger partial charge in [-0.3, -0.25) is 10.2 Å². The van der Waals surface area contributed by atoms with Crippen LogP contribution < -0.4 is 15.4 Å². The molecule has 0 unspecified atom stereocenters. The standard InChI is InChI=1S/C15H18N2O5S/c1-10-6-8-11(9-7-10)23(21,22)17-16-14(18)12-4-2-3-5-13(12)15(19)20/h2-3,6-9,12-13,17H,4-5H2,1H3,(H,16,18)(H,19,20)/p-1/t12-,13+/m0/s1. The van der Waals surface area contributed by atoms with Crippen molar-refractivity contribution >= 4 is 21.9 Å². The van der Waals surface area contributed by atoms with Crippen molar-refractivity contribution in [3.63, 3.8) is 0 Å². The van der Waals surface area contributed by atoms with Crippen molar-refractivity contribution in [2.24, 2.45) is 11.8 Å².